The smallest absolute Gasteiger partial charge is 0.173 e. The predicted octanol–water partition coefficient (Wildman–Crippen LogP) is 0.960. The first-order valence-corrected chi connectivity index (χ1v) is 3.14. The van der Waals surface area contributed by atoms with Crippen LogP contribution in [0.4, 0.5) is 0 Å². The van der Waals surface area contributed by atoms with Crippen LogP contribution in [0, 0.1) is 5.41 Å². The third-order valence-electron chi connectivity index (χ3n) is 0.910. The summed E-state index contributed by atoms with van der Waals surface area (Å²) in [5.74, 6) is 5.31. The van der Waals surface area contributed by atoms with Gasteiger partial charge in [0.25, 0.3) is 0 Å². The molecule has 4 heteroatoms. The first-order valence-electron chi connectivity index (χ1n) is 3.14. The molecule has 4 nitrogen and oxygen atoms in total. The molecule has 3 N–H and O–H groups in total. The van der Waals surface area contributed by atoms with Crippen LogP contribution in [0.5, 0.6) is 0 Å². The fourth-order valence-electron chi connectivity index (χ4n) is 0.483. The second-order valence-corrected chi connectivity index (χ2v) is 1.71. The summed E-state index contributed by atoms with van der Waals surface area (Å²) in [5, 5.41) is 6.64. The lowest BCUT2D eigenvalue weighted by atomic mass is 10.4. The minimum atomic E-state index is 0.166. The average molecular weight is 156 g/mol. The van der Waals surface area contributed by atoms with Crippen LogP contribution >= 0.6 is 0 Å². The third kappa shape index (κ3) is 5.32. The van der Waals surface area contributed by atoms with Gasteiger partial charge in [-0.25, -0.2) is 5.90 Å². The highest BCUT2D eigenvalue weighted by Gasteiger charge is 1.92. The van der Waals surface area contributed by atoms with Crippen molar-refractivity contribution < 1.29 is 9.57 Å². The Morgan fingerprint density at radius 1 is 1.64 bits per heavy atom. The maximum Gasteiger partial charge on any atom is 0.173 e. The number of nitrogens with two attached hydrogens (primary N) is 1. The zero-order chi connectivity index (χ0) is 8.53. The van der Waals surface area contributed by atoms with Crippen LogP contribution in [-0.4, -0.2) is 13.0 Å². The van der Waals surface area contributed by atoms with E-state index in [-0.39, 0.29) is 6.61 Å². The van der Waals surface area contributed by atoms with Crippen molar-refractivity contribution in [1.29, 1.82) is 5.41 Å². The molecular weight excluding hydrogens is 144 g/mol. The quantitative estimate of drug-likeness (QED) is 0.205. The minimum absolute atomic E-state index is 0.166. The molecule has 0 fully saturated rings. The lowest BCUT2D eigenvalue weighted by molar-refractivity contribution is 0.134. The molecule has 0 spiro atoms. The van der Waals surface area contributed by atoms with Gasteiger partial charge in [-0.1, -0.05) is 12.2 Å². The SMILES string of the molecule is C/C=C\C=C(/CON)OC=N. The highest BCUT2D eigenvalue weighted by molar-refractivity contribution is 5.43. The van der Waals surface area contributed by atoms with Gasteiger partial charge in [-0.3, -0.25) is 10.2 Å². The van der Waals surface area contributed by atoms with Gasteiger partial charge in [0.05, 0.1) is 0 Å². The van der Waals surface area contributed by atoms with Crippen molar-refractivity contribution in [1.82, 2.24) is 0 Å². The summed E-state index contributed by atoms with van der Waals surface area (Å²) in [6.45, 7) is 2.04. The molecule has 0 rings (SSSR count). The standard InChI is InChI=1S/C7H12N2O2/c1-2-3-4-7(5-11-9)10-6-8/h2-4,6,8H,5,9H2,1H3/b3-2-,7-4+,8-6?. The number of hydrogen-bond donors (Lipinski definition) is 2. The van der Waals surface area contributed by atoms with Crippen molar-refractivity contribution in [3.8, 4) is 0 Å². The van der Waals surface area contributed by atoms with Crippen molar-refractivity contribution in [3.63, 3.8) is 0 Å². The molecule has 0 amide bonds. The van der Waals surface area contributed by atoms with E-state index < -0.39 is 0 Å². The molecule has 0 radical (unpaired) electrons. The molecule has 0 saturated carbocycles. The zero-order valence-electron chi connectivity index (χ0n) is 6.41. The third-order valence-corrected chi connectivity index (χ3v) is 0.910. The Morgan fingerprint density at radius 3 is 2.82 bits per heavy atom. The zero-order valence-corrected chi connectivity index (χ0v) is 6.41. The van der Waals surface area contributed by atoms with Crippen LogP contribution in [0.25, 0.3) is 0 Å². The Morgan fingerprint density at radius 2 is 2.36 bits per heavy atom. The van der Waals surface area contributed by atoms with Gasteiger partial charge in [-0.2, -0.15) is 0 Å². The number of rotatable bonds is 5. The van der Waals surface area contributed by atoms with Gasteiger partial charge < -0.3 is 4.74 Å². The Balaban J connectivity index is 3.95. The Hall–Kier alpha value is -1.13. The molecular formula is C7H12N2O2. The number of allylic oxidation sites excluding steroid dienone is 3. The van der Waals surface area contributed by atoms with Crippen molar-refractivity contribution in [3.05, 3.63) is 24.0 Å². The van der Waals surface area contributed by atoms with Crippen LogP contribution in [0.2, 0.25) is 0 Å². The Labute approximate surface area is 65.8 Å². The fourth-order valence-corrected chi connectivity index (χ4v) is 0.483. The van der Waals surface area contributed by atoms with Crippen LogP contribution < -0.4 is 5.90 Å². The highest BCUT2D eigenvalue weighted by atomic mass is 16.6. The lowest BCUT2D eigenvalue weighted by Crippen LogP contribution is -2.05. The number of hydrogen-bond acceptors (Lipinski definition) is 4. The Kier molecular flexibility index (Phi) is 6.27. The van der Waals surface area contributed by atoms with E-state index in [4.69, 9.17) is 16.0 Å². The monoisotopic (exact) mass is 156 g/mol. The minimum Gasteiger partial charge on any atom is -0.448 e. The van der Waals surface area contributed by atoms with Crippen LogP contribution in [0.15, 0.2) is 24.0 Å². The largest absolute Gasteiger partial charge is 0.448 e. The molecule has 0 unspecified atom stereocenters. The molecule has 0 aliphatic heterocycles. The first-order chi connectivity index (χ1) is 5.35. The van der Waals surface area contributed by atoms with Gasteiger partial charge in [0.15, 0.2) is 6.40 Å². The summed E-state index contributed by atoms with van der Waals surface area (Å²) in [4.78, 5) is 4.32. The molecule has 0 bridgehead atoms. The maximum absolute atomic E-state index is 6.64. The van der Waals surface area contributed by atoms with Gasteiger partial charge in [0, 0.05) is 0 Å². The molecule has 0 aliphatic rings. The topological polar surface area (TPSA) is 68.3 Å². The van der Waals surface area contributed by atoms with Crippen molar-refractivity contribution >= 4 is 6.40 Å². The van der Waals surface area contributed by atoms with E-state index in [1.165, 1.54) is 0 Å². The predicted molar refractivity (Wildman–Crippen MR) is 42.9 cm³/mol. The average Bonchev–Trinajstić information content (AvgIpc) is 2.01. The number of nitrogens with one attached hydrogen (secondary N) is 1. The fraction of sp³-hybridized carbons (Fsp3) is 0.286. The normalized spacial score (nSPS) is 12.0. The first kappa shape index (κ1) is 9.87. The van der Waals surface area contributed by atoms with Crippen LogP contribution in [0.1, 0.15) is 6.92 Å². The summed E-state index contributed by atoms with van der Waals surface area (Å²) < 4.78 is 4.73. The Bertz CT molecular complexity index is 164. The van der Waals surface area contributed by atoms with Gasteiger partial charge in [0.1, 0.15) is 12.4 Å². The molecule has 62 valence electrons. The summed E-state index contributed by atoms with van der Waals surface area (Å²) in [7, 11) is 0. The summed E-state index contributed by atoms with van der Waals surface area (Å²) in [6, 6.07) is 0. The van der Waals surface area contributed by atoms with Gasteiger partial charge in [-0.05, 0) is 13.0 Å². The summed E-state index contributed by atoms with van der Waals surface area (Å²) >= 11 is 0. The second-order valence-electron chi connectivity index (χ2n) is 1.71. The molecule has 0 aromatic heterocycles. The van der Waals surface area contributed by atoms with E-state index >= 15 is 0 Å². The van der Waals surface area contributed by atoms with E-state index in [0.29, 0.717) is 5.76 Å². The maximum atomic E-state index is 6.64. The van der Waals surface area contributed by atoms with Crippen LogP contribution in [0.3, 0.4) is 0 Å². The van der Waals surface area contributed by atoms with Gasteiger partial charge >= 0.3 is 0 Å². The van der Waals surface area contributed by atoms with Crippen LogP contribution in [-0.2, 0) is 9.57 Å². The van der Waals surface area contributed by atoms with E-state index in [1.807, 2.05) is 13.0 Å². The molecule has 11 heavy (non-hydrogen) atoms. The highest BCUT2D eigenvalue weighted by Crippen LogP contribution is 1.95. The van der Waals surface area contributed by atoms with Crippen molar-refractivity contribution in [2.45, 2.75) is 6.92 Å². The summed E-state index contributed by atoms with van der Waals surface area (Å²) in [6.07, 6.45) is 6.12. The van der Waals surface area contributed by atoms with Gasteiger partial charge in [0.2, 0.25) is 0 Å². The molecule has 0 aliphatic carbocycles. The molecule has 0 saturated heterocycles. The van der Waals surface area contributed by atoms with Crippen molar-refractivity contribution in [2.24, 2.45) is 5.90 Å². The van der Waals surface area contributed by atoms with E-state index in [1.54, 1.807) is 12.2 Å². The van der Waals surface area contributed by atoms with Crippen molar-refractivity contribution in [2.75, 3.05) is 6.61 Å². The molecule has 0 heterocycles. The summed E-state index contributed by atoms with van der Waals surface area (Å²) in [5.41, 5.74) is 0. The molecule has 0 aromatic carbocycles. The second kappa shape index (κ2) is 6.98. The molecule has 0 atom stereocenters. The molecule has 0 aromatic rings. The van der Waals surface area contributed by atoms with E-state index in [0.717, 1.165) is 6.40 Å². The van der Waals surface area contributed by atoms with E-state index in [2.05, 4.69) is 4.84 Å². The number of ether oxygens (including phenoxy) is 1. The van der Waals surface area contributed by atoms with Gasteiger partial charge in [-0.15, -0.1) is 0 Å². The van der Waals surface area contributed by atoms with E-state index in [9.17, 15) is 0 Å². The lowest BCUT2D eigenvalue weighted by Gasteiger charge is -2.00.